The highest BCUT2D eigenvalue weighted by Crippen LogP contribution is 2.20. The van der Waals surface area contributed by atoms with Crippen molar-refractivity contribution >= 4 is 16.7 Å². The van der Waals surface area contributed by atoms with Crippen molar-refractivity contribution in [1.82, 2.24) is 9.55 Å². The predicted molar refractivity (Wildman–Crippen MR) is 65.4 cm³/mol. The van der Waals surface area contributed by atoms with Crippen molar-refractivity contribution in [2.75, 3.05) is 19.5 Å². The maximum Gasteiger partial charge on any atom is 0.0958 e. The number of hydrogen-bond donors (Lipinski definition) is 1. The van der Waals surface area contributed by atoms with Crippen molar-refractivity contribution in [3.8, 4) is 0 Å². The van der Waals surface area contributed by atoms with E-state index >= 15 is 0 Å². The molecule has 16 heavy (non-hydrogen) atoms. The van der Waals surface area contributed by atoms with Crippen LogP contribution in [-0.2, 0) is 11.3 Å². The number of rotatable bonds is 4. The van der Waals surface area contributed by atoms with E-state index in [1.807, 2.05) is 25.4 Å². The van der Waals surface area contributed by atoms with Crippen molar-refractivity contribution in [3.05, 3.63) is 24.0 Å². The first kappa shape index (κ1) is 11.0. The smallest absolute Gasteiger partial charge is 0.0958 e. The molecule has 0 unspecified atom stereocenters. The molecular formula is C12H17N3O. The lowest BCUT2D eigenvalue weighted by molar-refractivity contribution is 0.190. The van der Waals surface area contributed by atoms with Gasteiger partial charge in [-0.2, -0.15) is 0 Å². The Morgan fingerprint density at radius 1 is 1.44 bits per heavy atom. The maximum atomic E-state index is 5.90. The van der Waals surface area contributed by atoms with Crippen molar-refractivity contribution in [1.29, 1.82) is 0 Å². The quantitative estimate of drug-likeness (QED) is 0.631. The number of nitrogen functional groups attached to an aromatic ring is 1. The van der Waals surface area contributed by atoms with Gasteiger partial charge in [-0.15, -0.1) is 0 Å². The van der Waals surface area contributed by atoms with E-state index in [0.29, 0.717) is 0 Å². The van der Waals surface area contributed by atoms with Crippen molar-refractivity contribution < 1.29 is 4.74 Å². The van der Waals surface area contributed by atoms with Crippen LogP contribution < -0.4 is 5.73 Å². The third kappa shape index (κ3) is 2.02. The number of aromatic nitrogens is 2. The van der Waals surface area contributed by atoms with Gasteiger partial charge < -0.3 is 15.0 Å². The Bertz CT molecular complexity index is 490. The SMILES string of the molecule is COCCCn1cnc2cc(C)c(N)cc21. The maximum absolute atomic E-state index is 5.90. The average molecular weight is 219 g/mol. The van der Waals surface area contributed by atoms with Gasteiger partial charge in [0.1, 0.15) is 0 Å². The standard InChI is InChI=1S/C12H17N3O/c1-9-6-11-12(7-10(9)13)15(8-14-11)4-3-5-16-2/h6-8H,3-5,13H2,1-2H3. The van der Waals surface area contributed by atoms with Gasteiger partial charge in [-0.25, -0.2) is 4.98 Å². The van der Waals surface area contributed by atoms with Crippen LogP contribution >= 0.6 is 0 Å². The number of nitrogens with zero attached hydrogens (tertiary/aromatic N) is 2. The van der Waals surface area contributed by atoms with Crippen LogP contribution in [0.15, 0.2) is 18.5 Å². The number of methoxy groups -OCH3 is 1. The molecule has 0 aliphatic rings. The first-order valence-electron chi connectivity index (χ1n) is 5.42. The van der Waals surface area contributed by atoms with Crippen LogP contribution in [0.25, 0.3) is 11.0 Å². The monoisotopic (exact) mass is 219 g/mol. The number of imidazole rings is 1. The fraction of sp³-hybridized carbons (Fsp3) is 0.417. The van der Waals surface area contributed by atoms with Crippen molar-refractivity contribution in [2.45, 2.75) is 19.9 Å². The van der Waals surface area contributed by atoms with Gasteiger partial charge in [-0.05, 0) is 31.0 Å². The molecule has 1 aromatic carbocycles. The molecule has 0 atom stereocenters. The average Bonchev–Trinajstić information content (AvgIpc) is 2.63. The van der Waals surface area contributed by atoms with Crippen LogP contribution in [0.1, 0.15) is 12.0 Å². The molecule has 2 N–H and O–H groups in total. The minimum atomic E-state index is 0.765. The molecule has 2 aromatic rings. The Labute approximate surface area is 95.0 Å². The molecule has 86 valence electrons. The number of nitrogens with two attached hydrogens (primary N) is 1. The van der Waals surface area contributed by atoms with Gasteiger partial charge in [0.2, 0.25) is 0 Å². The van der Waals surface area contributed by atoms with E-state index in [2.05, 4.69) is 9.55 Å². The molecular weight excluding hydrogens is 202 g/mol. The summed E-state index contributed by atoms with van der Waals surface area (Å²) in [5.74, 6) is 0. The molecule has 0 saturated heterocycles. The third-order valence-electron chi connectivity index (χ3n) is 2.76. The summed E-state index contributed by atoms with van der Waals surface area (Å²) >= 11 is 0. The van der Waals surface area contributed by atoms with Gasteiger partial charge >= 0.3 is 0 Å². The largest absolute Gasteiger partial charge is 0.398 e. The molecule has 1 aromatic heterocycles. The van der Waals surface area contributed by atoms with E-state index < -0.39 is 0 Å². The minimum Gasteiger partial charge on any atom is -0.398 e. The summed E-state index contributed by atoms with van der Waals surface area (Å²) in [5, 5.41) is 0. The highest BCUT2D eigenvalue weighted by Gasteiger charge is 2.04. The molecule has 0 aliphatic carbocycles. The molecule has 1 heterocycles. The Hall–Kier alpha value is -1.55. The molecule has 0 spiro atoms. The summed E-state index contributed by atoms with van der Waals surface area (Å²) in [4.78, 5) is 4.37. The molecule has 0 radical (unpaired) electrons. The van der Waals surface area contributed by atoms with Crippen molar-refractivity contribution in [2.24, 2.45) is 0 Å². The van der Waals surface area contributed by atoms with Crippen LogP contribution in [0.5, 0.6) is 0 Å². The predicted octanol–water partition coefficient (Wildman–Crippen LogP) is 1.96. The minimum absolute atomic E-state index is 0.765. The zero-order valence-corrected chi connectivity index (χ0v) is 9.73. The molecule has 4 nitrogen and oxygen atoms in total. The molecule has 0 bridgehead atoms. The lowest BCUT2D eigenvalue weighted by Gasteiger charge is -2.05. The highest BCUT2D eigenvalue weighted by molar-refractivity contribution is 5.80. The first-order valence-corrected chi connectivity index (χ1v) is 5.42. The summed E-state index contributed by atoms with van der Waals surface area (Å²) < 4.78 is 7.15. The molecule has 4 heteroatoms. The number of hydrogen-bond acceptors (Lipinski definition) is 3. The van der Waals surface area contributed by atoms with E-state index in [1.165, 1.54) is 0 Å². The molecule has 0 fully saturated rings. The third-order valence-corrected chi connectivity index (χ3v) is 2.76. The number of aryl methyl sites for hydroxylation is 2. The first-order chi connectivity index (χ1) is 7.72. The van der Waals surface area contributed by atoms with Gasteiger partial charge in [-0.3, -0.25) is 0 Å². The van der Waals surface area contributed by atoms with E-state index in [-0.39, 0.29) is 0 Å². The molecule has 0 amide bonds. The van der Waals surface area contributed by atoms with Crippen LogP contribution in [0, 0.1) is 6.92 Å². The van der Waals surface area contributed by atoms with Gasteiger partial charge in [0, 0.05) is 25.9 Å². The highest BCUT2D eigenvalue weighted by atomic mass is 16.5. The summed E-state index contributed by atoms with van der Waals surface area (Å²) in [6.07, 6.45) is 2.84. The van der Waals surface area contributed by atoms with Crippen LogP contribution in [0.2, 0.25) is 0 Å². The van der Waals surface area contributed by atoms with E-state index in [9.17, 15) is 0 Å². The second kappa shape index (κ2) is 4.53. The number of fused-ring (bicyclic) bond motifs is 1. The molecule has 0 saturated carbocycles. The molecule has 0 aliphatic heterocycles. The topological polar surface area (TPSA) is 53.1 Å². The zero-order valence-electron chi connectivity index (χ0n) is 9.73. The lowest BCUT2D eigenvalue weighted by Crippen LogP contribution is -2.00. The van der Waals surface area contributed by atoms with E-state index in [0.717, 1.165) is 41.9 Å². The number of anilines is 1. The molecule has 2 rings (SSSR count). The summed E-state index contributed by atoms with van der Waals surface area (Å²) in [5.41, 5.74) is 9.90. The van der Waals surface area contributed by atoms with E-state index in [4.69, 9.17) is 10.5 Å². The Morgan fingerprint density at radius 2 is 2.25 bits per heavy atom. The van der Waals surface area contributed by atoms with Crippen LogP contribution in [-0.4, -0.2) is 23.3 Å². The fourth-order valence-corrected chi connectivity index (χ4v) is 1.78. The zero-order chi connectivity index (χ0) is 11.5. The van der Waals surface area contributed by atoms with Gasteiger partial charge in [0.15, 0.2) is 0 Å². The Balaban J connectivity index is 2.29. The fourth-order valence-electron chi connectivity index (χ4n) is 1.78. The second-order valence-electron chi connectivity index (χ2n) is 3.98. The van der Waals surface area contributed by atoms with Crippen LogP contribution in [0.3, 0.4) is 0 Å². The van der Waals surface area contributed by atoms with Gasteiger partial charge in [0.25, 0.3) is 0 Å². The normalized spacial score (nSPS) is 11.1. The Kier molecular flexibility index (Phi) is 3.10. The Morgan fingerprint density at radius 3 is 3.00 bits per heavy atom. The van der Waals surface area contributed by atoms with Crippen LogP contribution in [0.4, 0.5) is 5.69 Å². The number of ether oxygens (including phenoxy) is 1. The second-order valence-corrected chi connectivity index (χ2v) is 3.98. The number of benzene rings is 1. The summed E-state index contributed by atoms with van der Waals surface area (Å²) in [7, 11) is 1.72. The summed E-state index contributed by atoms with van der Waals surface area (Å²) in [6, 6.07) is 4.02. The van der Waals surface area contributed by atoms with E-state index in [1.54, 1.807) is 7.11 Å². The van der Waals surface area contributed by atoms with Gasteiger partial charge in [-0.1, -0.05) is 0 Å². The lowest BCUT2D eigenvalue weighted by atomic mass is 10.2. The van der Waals surface area contributed by atoms with Crippen molar-refractivity contribution in [3.63, 3.8) is 0 Å². The summed E-state index contributed by atoms with van der Waals surface area (Å²) in [6.45, 7) is 3.67. The van der Waals surface area contributed by atoms with Gasteiger partial charge in [0.05, 0.1) is 17.4 Å².